The van der Waals surface area contributed by atoms with Gasteiger partial charge in [-0.1, -0.05) is 0 Å². The number of carbonyl (C=O) groups is 3. The number of hydrogen-bond donors (Lipinski definition) is 0. The Morgan fingerprint density at radius 3 is 2.12 bits per heavy atom. The zero-order valence-electron chi connectivity index (χ0n) is 18.9. The molecular weight excluding hydrogens is 418 g/mol. The third-order valence-corrected chi connectivity index (χ3v) is 6.45. The number of nitrogens with zero attached hydrogens (tertiary/aromatic N) is 4. The molecular formula is C23H32F2N4O3. The van der Waals surface area contributed by atoms with Crippen molar-refractivity contribution in [1.29, 1.82) is 0 Å². The molecule has 176 valence electrons. The molecule has 0 unspecified atom stereocenters. The van der Waals surface area contributed by atoms with E-state index in [1.807, 2.05) is 23.6 Å². The summed E-state index contributed by atoms with van der Waals surface area (Å²) in [5.41, 5.74) is -0.147. The Labute approximate surface area is 187 Å². The highest BCUT2D eigenvalue weighted by Crippen LogP contribution is 2.23. The zero-order valence-corrected chi connectivity index (χ0v) is 18.9. The lowest BCUT2D eigenvalue weighted by Crippen LogP contribution is -2.53. The number of hydrogen-bond acceptors (Lipinski definition) is 4. The summed E-state index contributed by atoms with van der Waals surface area (Å²) in [6.45, 7) is 8.94. The highest BCUT2D eigenvalue weighted by atomic mass is 19.1. The maximum atomic E-state index is 13.9. The summed E-state index contributed by atoms with van der Waals surface area (Å²) >= 11 is 0. The van der Waals surface area contributed by atoms with Crippen LogP contribution in [0.1, 0.15) is 37.0 Å². The molecule has 1 aromatic carbocycles. The van der Waals surface area contributed by atoms with E-state index < -0.39 is 17.5 Å². The molecule has 0 atom stereocenters. The van der Waals surface area contributed by atoms with Crippen LogP contribution < -0.4 is 0 Å². The van der Waals surface area contributed by atoms with Crippen molar-refractivity contribution in [2.75, 3.05) is 58.9 Å². The molecule has 0 saturated carbocycles. The van der Waals surface area contributed by atoms with Crippen LogP contribution in [0.2, 0.25) is 0 Å². The first-order chi connectivity index (χ1) is 15.3. The van der Waals surface area contributed by atoms with Crippen LogP contribution in [0, 0.1) is 17.6 Å². The molecule has 3 amide bonds. The van der Waals surface area contributed by atoms with Gasteiger partial charge in [-0.2, -0.15) is 0 Å². The van der Waals surface area contributed by atoms with Gasteiger partial charge in [-0.05, 0) is 38.8 Å². The van der Waals surface area contributed by atoms with Crippen molar-refractivity contribution < 1.29 is 23.2 Å². The molecule has 1 aromatic rings. The van der Waals surface area contributed by atoms with E-state index in [0.29, 0.717) is 77.8 Å². The van der Waals surface area contributed by atoms with Crippen LogP contribution in [0.25, 0.3) is 0 Å². The van der Waals surface area contributed by atoms with E-state index in [0.717, 1.165) is 12.1 Å². The van der Waals surface area contributed by atoms with E-state index in [1.165, 1.54) is 4.90 Å². The number of halogens is 2. The van der Waals surface area contributed by atoms with Crippen LogP contribution in [-0.2, 0) is 9.59 Å². The smallest absolute Gasteiger partial charge is 0.256 e. The average Bonchev–Trinajstić information content (AvgIpc) is 2.79. The summed E-state index contributed by atoms with van der Waals surface area (Å²) in [6, 6.07) is 2.94. The molecule has 32 heavy (non-hydrogen) atoms. The summed E-state index contributed by atoms with van der Waals surface area (Å²) in [7, 11) is 0. The molecule has 0 aliphatic carbocycles. The van der Waals surface area contributed by atoms with Gasteiger partial charge in [0.1, 0.15) is 11.6 Å². The predicted molar refractivity (Wildman–Crippen MR) is 116 cm³/mol. The van der Waals surface area contributed by atoms with Crippen molar-refractivity contribution in [1.82, 2.24) is 19.6 Å². The van der Waals surface area contributed by atoms with Gasteiger partial charge in [0.15, 0.2) is 0 Å². The molecule has 9 heteroatoms. The fourth-order valence-electron chi connectivity index (χ4n) is 4.41. The monoisotopic (exact) mass is 450 g/mol. The molecule has 0 radical (unpaired) electrons. The van der Waals surface area contributed by atoms with E-state index in [4.69, 9.17) is 0 Å². The second-order valence-electron chi connectivity index (χ2n) is 8.36. The summed E-state index contributed by atoms with van der Waals surface area (Å²) in [5, 5.41) is 0. The summed E-state index contributed by atoms with van der Waals surface area (Å²) in [5.74, 6) is -2.03. The summed E-state index contributed by atoms with van der Waals surface area (Å²) < 4.78 is 27.0. The van der Waals surface area contributed by atoms with Gasteiger partial charge in [0.25, 0.3) is 5.91 Å². The van der Waals surface area contributed by atoms with E-state index in [1.54, 1.807) is 0 Å². The lowest BCUT2D eigenvalue weighted by molar-refractivity contribution is -0.139. The Bertz CT molecular complexity index is 831. The molecule has 0 spiro atoms. The Morgan fingerprint density at radius 2 is 1.56 bits per heavy atom. The topological polar surface area (TPSA) is 64.2 Å². The SMILES string of the molecule is CCN(CC)C(=O)CN1CCN(C(=O)C2CCN(C(=O)c3ccc(F)cc3F)CC2)CC1. The fourth-order valence-corrected chi connectivity index (χ4v) is 4.41. The summed E-state index contributed by atoms with van der Waals surface area (Å²) in [4.78, 5) is 45.1. The van der Waals surface area contributed by atoms with Crippen molar-refractivity contribution in [2.45, 2.75) is 26.7 Å². The van der Waals surface area contributed by atoms with Crippen molar-refractivity contribution >= 4 is 17.7 Å². The molecule has 2 saturated heterocycles. The van der Waals surface area contributed by atoms with Crippen LogP contribution in [0.3, 0.4) is 0 Å². The Hall–Kier alpha value is -2.55. The van der Waals surface area contributed by atoms with E-state index in [2.05, 4.69) is 4.90 Å². The molecule has 3 rings (SSSR count). The standard InChI is InChI=1S/C23H32F2N4O3/c1-3-27(4-2)21(30)16-26-11-13-29(14-12-26)22(31)17-7-9-28(10-8-17)23(32)19-6-5-18(24)15-20(19)25/h5-6,15,17H,3-4,7-14,16H2,1-2H3. The molecule has 0 aromatic heterocycles. The minimum absolute atomic E-state index is 0.0831. The molecule has 2 aliphatic heterocycles. The molecule has 0 bridgehead atoms. The Balaban J connectivity index is 1.46. The maximum Gasteiger partial charge on any atom is 0.256 e. The second kappa shape index (κ2) is 10.8. The third-order valence-electron chi connectivity index (χ3n) is 6.45. The normalized spacial score (nSPS) is 18.0. The first-order valence-corrected chi connectivity index (χ1v) is 11.4. The van der Waals surface area contributed by atoms with E-state index in [9.17, 15) is 23.2 Å². The van der Waals surface area contributed by atoms with Crippen molar-refractivity contribution in [3.63, 3.8) is 0 Å². The maximum absolute atomic E-state index is 13.9. The van der Waals surface area contributed by atoms with Crippen LogP contribution in [0.4, 0.5) is 8.78 Å². The lowest BCUT2D eigenvalue weighted by Gasteiger charge is -2.38. The van der Waals surface area contributed by atoms with Crippen molar-refractivity contribution in [2.24, 2.45) is 5.92 Å². The lowest BCUT2D eigenvalue weighted by atomic mass is 9.94. The number of benzene rings is 1. The zero-order chi connectivity index (χ0) is 23.3. The van der Waals surface area contributed by atoms with Crippen LogP contribution in [0.15, 0.2) is 18.2 Å². The number of piperazine rings is 1. The van der Waals surface area contributed by atoms with Crippen molar-refractivity contribution in [3.8, 4) is 0 Å². The van der Waals surface area contributed by atoms with Gasteiger partial charge in [0.2, 0.25) is 11.8 Å². The van der Waals surface area contributed by atoms with Crippen LogP contribution in [-0.4, -0.2) is 96.2 Å². The molecule has 2 heterocycles. The first kappa shape index (κ1) is 24.1. The number of likely N-dealkylation sites (N-methyl/N-ethyl adjacent to an activating group) is 1. The molecule has 2 fully saturated rings. The van der Waals surface area contributed by atoms with Gasteiger partial charge in [0, 0.05) is 64.3 Å². The van der Waals surface area contributed by atoms with Gasteiger partial charge >= 0.3 is 0 Å². The Morgan fingerprint density at radius 1 is 0.938 bits per heavy atom. The fraction of sp³-hybridized carbons (Fsp3) is 0.609. The molecule has 0 N–H and O–H groups in total. The quantitative estimate of drug-likeness (QED) is 0.664. The summed E-state index contributed by atoms with van der Waals surface area (Å²) in [6.07, 6.45) is 1.04. The van der Waals surface area contributed by atoms with Gasteiger partial charge in [-0.3, -0.25) is 19.3 Å². The number of amides is 3. The third kappa shape index (κ3) is 5.62. The van der Waals surface area contributed by atoms with Gasteiger partial charge < -0.3 is 14.7 Å². The average molecular weight is 451 g/mol. The van der Waals surface area contributed by atoms with Gasteiger partial charge in [-0.15, -0.1) is 0 Å². The van der Waals surface area contributed by atoms with E-state index >= 15 is 0 Å². The minimum atomic E-state index is -0.870. The van der Waals surface area contributed by atoms with Crippen LogP contribution >= 0.6 is 0 Å². The number of rotatable bonds is 6. The minimum Gasteiger partial charge on any atom is -0.342 e. The highest BCUT2D eigenvalue weighted by Gasteiger charge is 2.33. The first-order valence-electron chi connectivity index (χ1n) is 11.4. The number of carbonyl (C=O) groups excluding carboxylic acids is 3. The Kier molecular flexibility index (Phi) is 8.17. The van der Waals surface area contributed by atoms with Gasteiger partial charge in [0.05, 0.1) is 12.1 Å². The van der Waals surface area contributed by atoms with Gasteiger partial charge in [-0.25, -0.2) is 8.78 Å². The largest absolute Gasteiger partial charge is 0.342 e. The number of likely N-dealkylation sites (tertiary alicyclic amines) is 1. The highest BCUT2D eigenvalue weighted by molar-refractivity contribution is 5.94. The second-order valence-corrected chi connectivity index (χ2v) is 8.36. The number of piperidine rings is 1. The van der Waals surface area contributed by atoms with E-state index in [-0.39, 0.29) is 23.3 Å². The molecule has 2 aliphatic rings. The predicted octanol–water partition coefficient (Wildman–Crippen LogP) is 1.83. The van der Waals surface area contributed by atoms with Crippen molar-refractivity contribution in [3.05, 3.63) is 35.4 Å². The molecule has 7 nitrogen and oxygen atoms in total. The van der Waals surface area contributed by atoms with Crippen LogP contribution in [0.5, 0.6) is 0 Å².